The lowest BCUT2D eigenvalue weighted by Gasteiger charge is -2.21. The van der Waals surface area contributed by atoms with Crippen LogP contribution >= 0.6 is 11.8 Å². The van der Waals surface area contributed by atoms with Gasteiger partial charge in [0.1, 0.15) is 6.54 Å². The van der Waals surface area contributed by atoms with Crippen LogP contribution in [0.4, 0.5) is 13.2 Å². The number of carbonyl (C=O) groups excluding carboxylic acids is 1. The summed E-state index contributed by atoms with van der Waals surface area (Å²) < 4.78 is 37.9. The average molecular weight is 311 g/mol. The number of thioether (sulfide) groups is 1. The smallest absolute Gasteiger partial charge is 0.395 e. The van der Waals surface area contributed by atoms with Crippen LogP contribution in [0.5, 0.6) is 0 Å². The third-order valence-corrected chi connectivity index (χ3v) is 3.83. The topological polar surface area (TPSA) is 67.2 Å². The van der Waals surface area contributed by atoms with E-state index in [1.165, 1.54) is 11.8 Å². The number of carbonyl (C=O) groups is 1. The summed E-state index contributed by atoms with van der Waals surface area (Å²) in [5.41, 5.74) is -1.03. The zero-order valence-corrected chi connectivity index (χ0v) is 11.8. The average Bonchev–Trinajstić information content (AvgIpc) is 2.78. The van der Waals surface area contributed by atoms with Crippen molar-refractivity contribution in [1.29, 1.82) is 0 Å². The number of aliphatic hydroxyl groups excluding tert-OH is 1. The molecule has 1 amide bonds. The van der Waals surface area contributed by atoms with Gasteiger partial charge in [0.15, 0.2) is 5.69 Å². The molecular formula is C11H16F3N3O2S. The molecule has 0 fully saturated rings. The summed E-state index contributed by atoms with van der Waals surface area (Å²) in [6, 6.07) is 0.523. The molecule has 0 bridgehead atoms. The van der Waals surface area contributed by atoms with Gasteiger partial charge in [-0.15, -0.1) is 0 Å². The fourth-order valence-electron chi connectivity index (χ4n) is 1.58. The lowest BCUT2D eigenvalue weighted by Crippen LogP contribution is -2.42. The van der Waals surface area contributed by atoms with Crippen molar-refractivity contribution in [3.63, 3.8) is 0 Å². The van der Waals surface area contributed by atoms with Crippen LogP contribution in [-0.4, -0.2) is 44.9 Å². The first kappa shape index (κ1) is 16.8. The van der Waals surface area contributed by atoms with E-state index in [9.17, 15) is 18.0 Å². The molecule has 2 N–H and O–H groups in total. The molecular weight excluding hydrogens is 295 g/mol. The molecule has 1 rings (SSSR count). The molecule has 1 aromatic heterocycles. The van der Waals surface area contributed by atoms with Crippen molar-refractivity contribution >= 4 is 17.7 Å². The predicted molar refractivity (Wildman–Crippen MR) is 69.2 cm³/mol. The molecule has 1 heterocycles. The van der Waals surface area contributed by atoms with Crippen LogP contribution in [0.3, 0.4) is 0 Å². The Labute approximate surface area is 118 Å². The van der Waals surface area contributed by atoms with Gasteiger partial charge in [0.2, 0.25) is 5.91 Å². The molecule has 0 saturated heterocycles. The van der Waals surface area contributed by atoms with Crippen molar-refractivity contribution in [2.75, 3.05) is 12.9 Å². The highest BCUT2D eigenvalue weighted by atomic mass is 32.2. The summed E-state index contributed by atoms with van der Waals surface area (Å²) in [4.78, 5) is 11.7. The largest absolute Gasteiger partial charge is 0.435 e. The van der Waals surface area contributed by atoms with Gasteiger partial charge in [0.25, 0.3) is 0 Å². The quantitative estimate of drug-likeness (QED) is 0.826. The molecule has 0 radical (unpaired) electrons. The number of amides is 1. The second-order valence-electron chi connectivity index (χ2n) is 4.21. The summed E-state index contributed by atoms with van der Waals surface area (Å²) in [7, 11) is 0. The summed E-state index contributed by atoms with van der Waals surface area (Å²) in [5.74, 6) is -0.457. The monoisotopic (exact) mass is 311 g/mol. The molecule has 0 spiro atoms. The Hall–Kier alpha value is -1.22. The summed E-state index contributed by atoms with van der Waals surface area (Å²) in [6.07, 6.45) is -1.62. The molecule has 9 heteroatoms. The second kappa shape index (κ2) is 6.98. The van der Waals surface area contributed by atoms with Crippen molar-refractivity contribution in [1.82, 2.24) is 15.1 Å². The van der Waals surface area contributed by atoms with Crippen LogP contribution in [0.15, 0.2) is 12.3 Å². The Morgan fingerprint density at radius 3 is 2.70 bits per heavy atom. The molecule has 0 aliphatic carbocycles. The van der Waals surface area contributed by atoms with E-state index in [0.717, 1.165) is 16.9 Å². The maximum atomic E-state index is 12.3. The number of rotatable bonds is 6. The zero-order chi connectivity index (χ0) is 15.3. The number of aromatic nitrogens is 2. The normalized spacial score (nSPS) is 14.9. The van der Waals surface area contributed by atoms with Crippen LogP contribution in [0.25, 0.3) is 0 Å². The molecule has 5 nitrogen and oxygen atoms in total. The number of halogens is 3. The standard InChI is InChI=1S/C11H16F3N3O2S/c1-7(8(6-18)20-2)15-10(19)5-17-4-3-9(16-17)11(12,13)14/h3-4,7-8,18H,5-6H2,1-2H3,(H,15,19). The molecule has 0 aromatic carbocycles. The van der Waals surface area contributed by atoms with E-state index in [4.69, 9.17) is 5.11 Å². The minimum absolute atomic E-state index is 0.0946. The van der Waals surface area contributed by atoms with Gasteiger partial charge in [-0.1, -0.05) is 0 Å². The highest BCUT2D eigenvalue weighted by Crippen LogP contribution is 2.27. The second-order valence-corrected chi connectivity index (χ2v) is 5.29. The molecule has 2 unspecified atom stereocenters. The van der Waals surface area contributed by atoms with E-state index in [2.05, 4.69) is 10.4 Å². The van der Waals surface area contributed by atoms with E-state index in [-0.39, 0.29) is 24.4 Å². The Balaban J connectivity index is 2.56. The first-order chi connectivity index (χ1) is 9.27. The third kappa shape index (κ3) is 4.71. The van der Waals surface area contributed by atoms with Crippen molar-refractivity contribution in [3.8, 4) is 0 Å². The summed E-state index contributed by atoms with van der Waals surface area (Å²) in [5, 5.41) is 14.8. The van der Waals surface area contributed by atoms with Gasteiger partial charge in [-0.2, -0.15) is 30.0 Å². The number of aliphatic hydroxyl groups is 1. The van der Waals surface area contributed by atoms with Gasteiger partial charge in [0.05, 0.1) is 6.61 Å². The van der Waals surface area contributed by atoms with E-state index in [1.54, 1.807) is 13.2 Å². The van der Waals surface area contributed by atoms with Crippen molar-refractivity contribution in [3.05, 3.63) is 18.0 Å². The molecule has 20 heavy (non-hydrogen) atoms. The number of nitrogens with zero attached hydrogens (tertiary/aromatic N) is 2. The fraction of sp³-hybridized carbons (Fsp3) is 0.636. The summed E-state index contributed by atoms with van der Waals surface area (Å²) >= 11 is 1.40. The molecule has 114 valence electrons. The number of alkyl halides is 3. The predicted octanol–water partition coefficient (Wildman–Crippen LogP) is 1.13. The molecule has 1 aromatic rings. The van der Waals surface area contributed by atoms with Crippen molar-refractivity contribution in [2.24, 2.45) is 0 Å². The number of hydrogen-bond acceptors (Lipinski definition) is 4. The van der Waals surface area contributed by atoms with Gasteiger partial charge in [-0.3, -0.25) is 9.48 Å². The van der Waals surface area contributed by atoms with Crippen LogP contribution in [-0.2, 0) is 17.5 Å². The van der Waals surface area contributed by atoms with Gasteiger partial charge >= 0.3 is 6.18 Å². The highest BCUT2D eigenvalue weighted by molar-refractivity contribution is 7.99. The Morgan fingerprint density at radius 1 is 1.60 bits per heavy atom. The van der Waals surface area contributed by atoms with Gasteiger partial charge in [0, 0.05) is 17.5 Å². The lowest BCUT2D eigenvalue weighted by molar-refractivity contribution is -0.141. The van der Waals surface area contributed by atoms with Gasteiger partial charge in [-0.05, 0) is 19.2 Å². The van der Waals surface area contributed by atoms with Crippen LogP contribution in [0.1, 0.15) is 12.6 Å². The Morgan fingerprint density at radius 2 is 2.25 bits per heavy atom. The molecule has 0 saturated carbocycles. The molecule has 0 aliphatic rings. The SMILES string of the molecule is CSC(CO)C(C)NC(=O)Cn1ccc(C(F)(F)F)n1. The van der Waals surface area contributed by atoms with E-state index in [1.807, 2.05) is 0 Å². The van der Waals surface area contributed by atoms with E-state index in [0.29, 0.717) is 0 Å². The Kier molecular flexibility index (Phi) is 5.88. The van der Waals surface area contributed by atoms with Crippen LogP contribution < -0.4 is 5.32 Å². The number of nitrogens with one attached hydrogen (secondary N) is 1. The molecule has 2 atom stereocenters. The van der Waals surface area contributed by atoms with Gasteiger partial charge < -0.3 is 10.4 Å². The lowest BCUT2D eigenvalue weighted by atomic mass is 10.2. The van der Waals surface area contributed by atoms with Crippen LogP contribution in [0.2, 0.25) is 0 Å². The van der Waals surface area contributed by atoms with Crippen LogP contribution in [0, 0.1) is 0 Å². The maximum absolute atomic E-state index is 12.3. The van der Waals surface area contributed by atoms with Crippen molar-refractivity contribution in [2.45, 2.75) is 30.9 Å². The highest BCUT2D eigenvalue weighted by Gasteiger charge is 2.33. The Bertz CT molecular complexity index is 446. The van der Waals surface area contributed by atoms with E-state index < -0.39 is 17.8 Å². The van der Waals surface area contributed by atoms with Crippen molar-refractivity contribution < 1.29 is 23.1 Å². The minimum Gasteiger partial charge on any atom is -0.395 e. The maximum Gasteiger partial charge on any atom is 0.435 e. The summed E-state index contributed by atoms with van der Waals surface area (Å²) in [6.45, 7) is 1.33. The first-order valence-corrected chi connectivity index (χ1v) is 7.10. The van der Waals surface area contributed by atoms with E-state index >= 15 is 0 Å². The first-order valence-electron chi connectivity index (χ1n) is 5.81. The third-order valence-electron chi connectivity index (χ3n) is 2.67. The molecule has 0 aliphatic heterocycles. The fourth-order valence-corrected chi connectivity index (χ4v) is 2.20. The van der Waals surface area contributed by atoms with Gasteiger partial charge in [-0.25, -0.2) is 0 Å². The zero-order valence-electron chi connectivity index (χ0n) is 11.0. The minimum atomic E-state index is -4.52. The number of hydrogen-bond donors (Lipinski definition) is 2.